The number of likely N-dealkylation sites (tertiary alicyclic amines) is 1. The normalized spacial score (nSPS) is 25.6. The van der Waals surface area contributed by atoms with Crippen molar-refractivity contribution in [1.82, 2.24) is 4.90 Å². The number of benzene rings is 1. The molecule has 1 saturated heterocycles. The van der Waals surface area contributed by atoms with Crippen LogP contribution in [0.1, 0.15) is 24.8 Å². The van der Waals surface area contributed by atoms with Crippen molar-refractivity contribution in [1.29, 1.82) is 0 Å². The van der Waals surface area contributed by atoms with Gasteiger partial charge in [-0.1, -0.05) is 24.6 Å². The lowest BCUT2D eigenvalue weighted by Crippen LogP contribution is -2.35. The molecule has 0 saturated carbocycles. The summed E-state index contributed by atoms with van der Waals surface area (Å²) in [5.41, 5.74) is 1.56. The van der Waals surface area contributed by atoms with Crippen molar-refractivity contribution in [3.63, 3.8) is 0 Å². The fourth-order valence-corrected chi connectivity index (χ4v) is 4.15. The molecule has 1 fully saturated rings. The number of hydrogen-bond acceptors (Lipinski definition) is 2. The third-order valence-electron chi connectivity index (χ3n) is 3.62. The minimum atomic E-state index is 0.801. The molecule has 1 aromatic carbocycles. The van der Waals surface area contributed by atoms with Crippen molar-refractivity contribution < 1.29 is 0 Å². The summed E-state index contributed by atoms with van der Waals surface area (Å²) in [6, 6.07) is 8.90. The Morgan fingerprint density at radius 3 is 2.75 bits per heavy atom. The molecule has 1 nitrogen and oxygen atoms in total. The molecule has 0 spiro atoms. The van der Waals surface area contributed by atoms with Gasteiger partial charge in [-0.15, -0.1) is 11.8 Å². The molecule has 2 heterocycles. The van der Waals surface area contributed by atoms with Crippen LogP contribution in [0.4, 0.5) is 0 Å². The van der Waals surface area contributed by atoms with Gasteiger partial charge in [0.25, 0.3) is 0 Å². The van der Waals surface area contributed by atoms with Crippen molar-refractivity contribution >= 4 is 11.8 Å². The first-order valence-electron chi connectivity index (χ1n) is 6.39. The van der Waals surface area contributed by atoms with Gasteiger partial charge in [-0.3, -0.25) is 0 Å². The quantitative estimate of drug-likeness (QED) is 0.772. The zero-order chi connectivity index (χ0) is 10.8. The lowest BCUT2D eigenvalue weighted by molar-refractivity contribution is 0.230. The summed E-state index contributed by atoms with van der Waals surface area (Å²) in [5.74, 6) is 0. The van der Waals surface area contributed by atoms with E-state index in [1.807, 2.05) is 0 Å². The first-order chi connectivity index (χ1) is 7.92. The highest BCUT2D eigenvalue weighted by molar-refractivity contribution is 8.00. The highest BCUT2D eigenvalue weighted by Crippen LogP contribution is 2.37. The summed E-state index contributed by atoms with van der Waals surface area (Å²) in [6.45, 7) is 3.94. The number of piperidine rings is 1. The third kappa shape index (κ3) is 2.28. The molecule has 0 aromatic heterocycles. The molecule has 1 unspecified atom stereocenters. The highest BCUT2D eigenvalue weighted by atomic mass is 32.2. The smallest absolute Gasteiger partial charge is 0.0263 e. The maximum Gasteiger partial charge on any atom is 0.0263 e. The molecule has 2 aliphatic rings. The van der Waals surface area contributed by atoms with E-state index >= 15 is 0 Å². The Morgan fingerprint density at radius 1 is 1.12 bits per heavy atom. The van der Waals surface area contributed by atoms with E-state index < -0.39 is 0 Å². The molecule has 16 heavy (non-hydrogen) atoms. The standard InChI is InChI=1S/C14H19NS/c1-4-8-15(9-5-1)11-13-10-12-6-2-3-7-14(12)16-13/h2-3,6-7,13H,1,4-5,8-11H2. The SMILES string of the molecule is c1ccc2c(c1)CC(CN1CCCCC1)S2. The van der Waals surface area contributed by atoms with Gasteiger partial charge in [0.05, 0.1) is 0 Å². The van der Waals surface area contributed by atoms with Crippen LogP contribution in [0.2, 0.25) is 0 Å². The van der Waals surface area contributed by atoms with Crippen LogP contribution in [0.3, 0.4) is 0 Å². The fourth-order valence-electron chi connectivity index (χ4n) is 2.79. The Bertz CT molecular complexity index is 333. The van der Waals surface area contributed by atoms with Crippen molar-refractivity contribution in [2.75, 3.05) is 19.6 Å². The van der Waals surface area contributed by atoms with E-state index in [9.17, 15) is 0 Å². The Kier molecular flexibility index (Phi) is 3.20. The van der Waals surface area contributed by atoms with Gasteiger partial charge in [-0.05, 0) is 44.0 Å². The first kappa shape index (κ1) is 10.7. The Labute approximate surface area is 102 Å². The van der Waals surface area contributed by atoms with Gasteiger partial charge in [0.15, 0.2) is 0 Å². The van der Waals surface area contributed by atoms with Gasteiger partial charge in [0.1, 0.15) is 0 Å². The van der Waals surface area contributed by atoms with Crippen LogP contribution in [0.25, 0.3) is 0 Å². The zero-order valence-electron chi connectivity index (χ0n) is 9.69. The Hall–Kier alpha value is -0.470. The first-order valence-corrected chi connectivity index (χ1v) is 7.27. The van der Waals surface area contributed by atoms with E-state index in [1.54, 1.807) is 5.56 Å². The largest absolute Gasteiger partial charge is 0.302 e. The Balaban J connectivity index is 1.59. The predicted molar refractivity (Wildman–Crippen MR) is 70.1 cm³/mol. The van der Waals surface area contributed by atoms with Crippen LogP contribution >= 0.6 is 11.8 Å². The second kappa shape index (κ2) is 4.80. The number of nitrogens with zero attached hydrogens (tertiary/aromatic N) is 1. The highest BCUT2D eigenvalue weighted by Gasteiger charge is 2.24. The molecular weight excluding hydrogens is 214 g/mol. The van der Waals surface area contributed by atoms with E-state index in [4.69, 9.17) is 0 Å². The van der Waals surface area contributed by atoms with Crippen molar-refractivity contribution in [2.24, 2.45) is 0 Å². The summed E-state index contributed by atoms with van der Waals surface area (Å²) >= 11 is 2.09. The molecule has 0 N–H and O–H groups in total. The van der Waals surface area contributed by atoms with Crippen LogP contribution in [-0.4, -0.2) is 29.8 Å². The summed E-state index contributed by atoms with van der Waals surface area (Å²) in [4.78, 5) is 4.18. The fraction of sp³-hybridized carbons (Fsp3) is 0.571. The van der Waals surface area contributed by atoms with Gasteiger partial charge < -0.3 is 4.90 Å². The van der Waals surface area contributed by atoms with E-state index in [2.05, 4.69) is 40.9 Å². The van der Waals surface area contributed by atoms with Gasteiger partial charge in [0.2, 0.25) is 0 Å². The van der Waals surface area contributed by atoms with Crippen LogP contribution in [0, 0.1) is 0 Å². The van der Waals surface area contributed by atoms with Crippen molar-refractivity contribution in [3.8, 4) is 0 Å². The van der Waals surface area contributed by atoms with Crippen molar-refractivity contribution in [2.45, 2.75) is 35.8 Å². The Morgan fingerprint density at radius 2 is 1.94 bits per heavy atom. The molecule has 3 rings (SSSR count). The number of hydrogen-bond donors (Lipinski definition) is 0. The number of fused-ring (bicyclic) bond motifs is 1. The molecule has 0 aliphatic carbocycles. The molecule has 0 bridgehead atoms. The van der Waals surface area contributed by atoms with E-state index in [1.165, 1.54) is 50.2 Å². The van der Waals surface area contributed by atoms with Crippen LogP contribution in [0.15, 0.2) is 29.2 Å². The average molecular weight is 233 g/mol. The van der Waals surface area contributed by atoms with Gasteiger partial charge >= 0.3 is 0 Å². The number of rotatable bonds is 2. The third-order valence-corrected chi connectivity index (χ3v) is 4.93. The molecule has 2 aliphatic heterocycles. The average Bonchev–Trinajstić information content (AvgIpc) is 2.72. The van der Waals surface area contributed by atoms with Gasteiger partial charge in [0, 0.05) is 16.7 Å². The number of thioether (sulfide) groups is 1. The maximum atomic E-state index is 2.66. The van der Waals surface area contributed by atoms with Crippen molar-refractivity contribution in [3.05, 3.63) is 29.8 Å². The molecule has 86 valence electrons. The molecule has 0 amide bonds. The van der Waals surface area contributed by atoms with E-state index in [0.717, 1.165) is 5.25 Å². The van der Waals surface area contributed by atoms with Crippen LogP contribution < -0.4 is 0 Å². The second-order valence-corrected chi connectivity index (χ2v) is 6.26. The molecule has 1 atom stereocenters. The lowest BCUT2D eigenvalue weighted by Gasteiger charge is -2.28. The summed E-state index contributed by atoms with van der Waals surface area (Å²) in [5, 5.41) is 0.801. The summed E-state index contributed by atoms with van der Waals surface area (Å²) < 4.78 is 0. The lowest BCUT2D eigenvalue weighted by atomic mass is 10.1. The second-order valence-electron chi connectivity index (χ2n) is 4.91. The summed E-state index contributed by atoms with van der Waals surface area (Å²) in [7, 11) is 0. The van der Waals surface area contributed by atoms with Gasteiger partial charge in [-0.25, -0.2) is 0 Å². The van der Waals surface area contributed by atoms with Gasteiger partial charge in [-0.2, -0.15) is 0 Å². The molecule has 0 radical (unpaired) electrons. The minimum absolute atomic E-state index is 0.801. The van der Waals surface area contributed by atoms with Crippen LogP contribution in [-0.2, 0) is 6.42 Å². The van der Waals surface area contributed by atoms with Crippen LogP contribution in [0.5, 0.6) is 0 Å². The molecule has 2 heteroatoms. The van der Waals surface area contributed by atoms with E-state index in [-0.39, 0.29) is 0 Å². The molecule has 1 aromatic rings. The topological polar surface area (TPSA) is 3.24 Å². The summed E-state index contributed by atoms with van der Waals surface area (Å²) in [6.07, 6.45) is 5.53. The van der Waals surface area contributed by atoms with E-state index in [0.29, 0.717) is 0 Å². The monoisotopic (exact) mass is 233 g/mol. The predicted octanol–water partition coefficient (Wildman–Crippen LogP) is 3.19. The maximum absolute atomic E-state index is 2.66. The molecular formula is C14H19NS. The minimum Gasteiger partial charge on any atom is -0.302 e. The zero-order valence-corrected chi connectivity index (χ0v) is 10.5.